The Hall–Kier alpha value is -1.49. The molecule has 0 saturated carbocycles. The molecule has 21 heavy (non-hydrogen) atoms. The van der Waals surface area contributed by atoms with Gasteiger partial charge in [0, 0.05) is 28.9 Å². The number of Topliss-reactive ketones (excluding diaryl/α,β-unsaturated/α-hetero) is 1. The topological polar surface area (TPSA) is 63.1 Å². The first-order chi connectivity index (χ1) is 10.1. The van der Waals surface area contributed by atoms with Crippen LogP contribution >= 0.6 is 23.2 Å². The number of aromatic nitrogens is 2. The van der Waals surface area contributed by atoms with E-state index >= 15 is 0 Å². The number of hydrogen-bond donors (Lipinski definition) is 1. The fourth-order valence-electron chi connectivity index (χ4n) is 1.91. The molecule has 110 valence electrons. The van der Waals surface area contributed by atoms with Crippen molar-refractivity contribution in [2.75, 3.05) is 6.61 Å². The van der Waals surface area contributed by atoms with Gasteiger partial charge in [-0.3, -0.25) is 4.79 Å². The van der Waals surface area contributed by atoms with Gasteiger partial charge >= 0.3 is 0 Å². The minimum absolute atomic E-state index is 0.315. The highest BCUT2D eigenvalue weighted by atomic mass is 35.5. The molecule has 4 nitrogen and oxygen atoms in total. The van der Waals surface area contributed by atoms with Crippen molar-refractivity contribution in [1.29, 1.82) is 0 Å². The molecule has 0 unspecified atom stereocenters. The van der Waals surface area contributed by atoms with Crippen LogP contribution in [0.5, 0.6) is 0 Å². The highest BCUT2D eigenvalue weighted by Gasteiger charge is 2.07. The Morgan fingerprint density at radius 1 is 1.10 bits per heavy atom. The Bertz CT molecular complexity index is 610. The van der Waals surface area contributed by atoms with Crippen molar-refractivity contribution in [3.8, 4) is 0 Å². The Morgan fingerprint density at radius 2 is 1.71 bits per heavy atom. The van der Waals surface area contributed by atoms with Gasteiger partial charge in [-0.25, -0.2) is 9.97 Å². The average Bonchev–Trinajstić information content (AvgIpc) is 2.50. The SMILES string of the molecule is O=C(CO)c1cnc(CCCc2c(Cl)cccc2Cl)nc1. The monoisotopic (exact) mass is 324 g/mol. The maximum atomic E-state index is 11.2. The second-order valence-electron chi connectivity index (χ2n) is 4.52. The molecule has 0 aliphatic heterocycles. The van der Waals surface area contributed by atoms with Crippen LogP contribution in [0.2, 0.25) is 10.0 Å². The zero-order valence-corrected chi connectivity index (χ0v) is 12.7. The van der Waals surface area contributed by atoms with Crippen molar-refractivity contribution in [1.82, 2.24) is 9.97 Å². The molecule has 1 aromatic heterocycles. The van der Waals surface area contributed by atoms with Crippen molar-refractivity contribution in [3.05, 3.63) is 57.6 Å². The Morgan fingerprint density at radius 3 is 2.29 bits per heavy atom. The van der Waals surface area contributed by atoms with Crippen LogP contribution < -0.4 is 0 Å². The number of halogens is 2. The van der Waals surface area contributed by atoms with Crippen LogP contribution in [0.25, 0.3) is 0 Å². The normalized spacial score (nSPS) is 10.6. The number of nitrogens with zero attached hydrogens (tertiary/aromatic N) is 2. The van der Waals surface area contributed by atoms with E-state index in [0.717, 1.165) is 18.4 Å². The summed E-state index contributed by atoms with van der Waals surface area (Å²) in [4.78, 5) is 19.5. The van der Waals surface area contributed by atoms with E-state index in [2.05, 4.69) is 9.97 Å². The summed E-state index contributed by atoms with van der Waals surface area (Å²) >= 11 is 12.2. The number of aryl methyl sites for hydroxylation is 1. The van der Waals surface area contributed by atoms with E-state index in [1.807, 2.05) is 18.2 Å². The van der Waals surface area contributed by atoms with Crippen LogP contribution in [0, 0.1) is 0 Å². The van der Waals surface area contributed by atoms with Gasteiger partial charge in [-0.2, -0.15) is 0 Å². The highest BCUT2D eigenvalue weighted by molar-refractivity contribution is 6.35. The van der Waals surface area contributed by atoms with Gasteiger partial charge in [0.15, 0.2) is 5.78 Å². The molecule has 0 radical (unpaired) electrons. The lowest BCUT2D eigenvalue weighted by atomic mass is 10.1. The lowest BCUT2D eigenvalue weighted by Crippen LogP contribution is -2.07. The van der Waals surface area contributed by atoms with E-state index in [4.69, 9.17) is 28.3 Å². The summed E-state index contributed by atoms with van der Waals surface area (Å²) in [6, 6.07) is 5.44. The number of hydrogen-bond acceptors (Lipinski definition) is 4. The number of benzene rings is 1. The van der Waals surface area contributed by atoms with E-state index in [-0.39, 0.29) is 5.78 Å². The quantitative estimate of drug-likeness (QED) is 0.829. The summed E-state index contributed by atoms with van der Waals surface area (Å²) in [6.45, 7) is -0.534. The summed E-state index contributed by atoms with van der Waals surface area (Å²) in [7, 11) is 0. The molecule has 2 rings (SSSR count). The summed E-state index contributed by atoms with van der Waals surface area (Å²) in [6.07, 6.45) is 5.07. The lowest BCUT2D eigenvalue weighted by Gasteiger charge is -2.06. The first-order valence-corrected chi connectivity index (χ1v) is 7.25. The number of carbonyl (C=O) groups is 1. The summed E-state index contributed by atoms with van der Waals surface area (Å²) < 4.78 is 0. The minimum atomic E-state index is -0.534. The van der Waals surface area contributed by atoms with E-state index in [1.54, 1.807) is 0 Å². The van der Waals surface area contributed by atoms with E-state index in [1.165, 1.54) is 12.4 Å². The summed E-state index contributed by atoms with van der Waals surface area (Å²) in [5.74, 6) is 0.261. The van der Waals surface area contributed by atoms with Crippen molar-refractivity contribution >= 4 is 29.0 Å². The number of carbonyl (C=O) groups excluding carboxylic acids is 1. The summed E-state index contributed by atoms with van der Waals surface area (Å²) in [5.41, 5.74) is 1.24. The largest absolute Gasteiger partial charge is 0.388 e. The number of aliphatic hydroxyl groups excluding tert-OH is 1. The molecule has 6 heteroatoms. The molecule has 0 aliphatic rings. The van der Waals surface area contributed by atoms with Gasteiger partial charge in [0.25, 0.3) is 0 Å². The third kappa shape index (κ3) is 4.24. The molecule has 1 aromatic carbocycles. The second-order valence-corrected chi connectivity index (χ2v) is 5.34. The lowest BCUT2D eigenvalue weighted by molar-refractivity contribution is 0.0903. The van der Waals surface area contributed by atoms with Crippen molar-refractivity contribution in [3.63, 3.8) is 0 Å². The van der Waals surface area contributed by atoms with Crippen LogP contribution in [-0.2, 0) is 12.8 Å². The first-order valence-electron chi connectivity index (χ1n) is 6.49. The maximum Gasteiger partial charge on any atom is 0.191 e. The molecule has 0 atom stereocenters. The van der Waals surface area contributed by atoms with Gasteiger partial charge in [-0.05, 0) is 30.5 Å². The summed E-state index contributed by atoms with van der Waals surface area (Å²) in [5, 5.41) is 10.1. The highest BCUT2D eigenvalue weighted by Crippen LogP contribution is 2.25. The number of rotatable bonds is 6. The molecule has 0 amide bonds. The molecule has 0 aliphatic carbocycles. The van der Waals surface area contributed by atoms with Crippen LogP contribution in [0.15, 0.2) is 30.6 Å². The van der Waals surface area contributed by atoms with E-state index in [0.29, 0.717) is 27.9 Å². The van der Waals surface area contributed by atoms with E-state index < -0.39 is 6.61 Å². The standard InChI is InChI=1S/C15H14Cl2N2O2/c16-12-4-2-5-13(17)11(12)3-1-6-15-18-7-10(8-19-15)14(21)9-20/h2,4-5,7-8,20H,1,3,6,9H2. The molecule has 1 heterocycles. The molecule has 0 bridgehead atoms. The smallest absolute Gasteiger partial charge is 0.191 e. The van der Waals surface area contributed by atoms with Gasteiger partial charge in [0.1, 0.15) is 12.4 Å². The molecule has 0 saturated heterocycles. The zero-order chi connectivity index (χ0) is 15.2. The minimum Gasteiger partial charge on any atom is -0.388 e. The van der Waals surface area contributed by atoms with Crippen LogP contribution in [0.4, 0.5) is 0 Å². The fourth-order valence-corrected chi connectivity index (χ4v) is 2.50. The van der Waals surface area contributed by atoms with E-state index in [9.17, 15) is 4.79 Å². The molecular formula is C15H14Cl2N2O2. The third-order valence-corrected chi connectivity index (χ3v) is 3.77. The zero-order valence-electron chi connectivity index (χ0n) is 11.2. The Kier molecular flexibility index (Phi) is 5.67. The van der Waals surface area contributed by atoms with Crippen LogP contribution in [-0.4, -0.2) is 27.5 Å². The van der Waals surface area contributed by atoms with Crippen LogP contribution in [0.1, 0.15) is 28.2 Å². The fraction of sp³-hybridized carbons (Fsp3) is 0.267. The van der Waals surface area contributed by atoms with Gasteiger partial charge in [-0.15, -0.1) is 0 Å². The molecule has 1 N–H and O–H groups in total. The molecule has 2 aromatic rings. The Labute approximate surface area is 132 Å². The molecule has 0 fully saturated rings. The maximum absolute atomic E-state index is 11.2. The first kappa shape index (κ1) is 15.9. The predicted octanol–water partition coefficient (Wildman–Crippen LogP) is 3.13. The molecule has 0 spiro atoms. The van der Waals surface area contributed by atoms with Crippen molar-refractivity contribution in [2.24, 2.45) is 0 Å². The third-order valence-electron chi connectivity index (χ3n) is 3.06. The average molecular weight is 325 g/mol. The second kappa shape index (κ2) is 7.50. The predicted molar refractivity (Wildman–Crippen MR) is 81.9 cm³/mol. The van der Waals surface area contributed by atoms with Gasteiger partial charge < -0.3 is 5.11 Å². The van der Waals surface area contributed by atoms with Crippen molar-refractivity contribution < 1.29 is 9.90 Å². The molecular weight excluding hydrogens is 311 g/mol. The van der Waals surface area contributed by atoms with Crippen molar-refractivity contribution in [2.45, 2.75) is 19.3 Å². The number of ketones is 1. The van der Waals surface area contributed by atoms with Gasteiger partial charge in [0.2, 0.25) is 0 Å². The Balaban J connectivity index is 1.93. The number of aliphatic hydroxyl groups is 1. The van der Waals surface area contributed by atoms with Gasteiger partial charge in [0.05, 0.1) is 5.56 Å². The van der Waals surface area contributed by atoms with Crippen LogP contribution in [0.3, 0.4) is 0 Å². The van der Waals surface area contributed by atoms with Gasteiger partial charge in [-0.1, -0.05) is 29.3 Å².